The van der Waals surface area contributed by atoms with Crippen molar-refractivity contribution in [3.63, 3.8) is 0 Å². The van der Waals surface area contributed by atoms with Crippen molar-refractivity contribution in [2.75, 3.05) is 23.7 Å². The number of rotatable bonds is 1. The Balaban J connectivity index is 2.04. The summed E-state index contributed by atoms with van der Waals surface area (Å²) in [5.41, 5.74) is 8.00. The summed E-state index contributed by atoms with van der Waals surface area (Å²) in [6.45, 7) is 2.34. The minimum absolute atomic E-state index is 0.656. The fourth-order valence-corrected chi connectivity index (χ4v) is 2.82. The van der Waals surface area contributed by atoms with Crippen molar-refractivity contribution in [1.82, 2.24) is 4.98 Å². The van der Waals surface area contributed by atoms with Gasteiger partial charge in [-0.25, -0.2) is 4.98 Å². The average molecular weight is 219 g/mol. The zero-order valence-electron chi connectivity index (χ0n) is 8.44. The molecule has 0 spiro atoms. The Labute approximate surface area is 92.5 Å². The number of aromatic nitrogens is 1. The molecule has 1 aliphatic rings. The molecule has 0 radical (unpaired) electrons. The predicted octanol–water partition coefficient (Wildman–Crippen LogP) is 2.48. The highest BCUT2D eigenvalue weighted by molar-refractivity contribution is 7.22. The maximum Gasteiger partial charge on any atom is 0.181 e. The first-order valence-electron chi connectivity index (χ1n) is 5.24. The van der Waals surface area contributed by atoms with Crippen molar-refractivity contribution in [3.8, 4) is 0 Å². The molecule has 3 rings (SSSR count). The van der Waals surface area contributed by atoms with Gasteiger partial charge in [-0.3, -0.25) is 0 Å². The molecule has 0 amide bonds. The van der Waals surface area contributed by atoms with Crippen LogP contribution in [-0.2, 0) is 0 Å². The third-order valence-corrected chi connectivity index (χ3v) is 3.72. The molecule has 1 saturated heterocycles. The zero-order valence-corrected chi connectivity index (χ0v) is 9.26. The van der Waals surface area contributed by atoms with E-state index in [2.05, 4.69) is 28.1 Å². The van der Waals surface area contributed by atoms with Gasteiger partial charge in [0.1, 0.15) is 0 Å². The van der Waals surface area contributed by atoms with E-state index in [0.29, 0.717) is 5.13 Å². The van der Waals surface area contributed by atoms with Crippen LogP contribution in [0.1, 0.15) is 12.8 Å². The van der Waals surface area contributed by atoms with Crippen molar-refractivity contribution in [1.29, 1.82) is 0 Å². The van der Waals surface area contributed by atoms with Gasteiger partial charge < -0.3 is 10.6 Å². The van der Waals surface area contributed by atoms with E-state index >= 15 is 0 Å². The molecule has 0 atom stereocenters. The predicted molar refractivity (Wildman–Crippen MR) is 65.5 cm³/mol. The first-order chi connectivity index (χ1) is 7.33. The smallest absolute Gasteiger partial charge is 0.181 e. The molecule has 0 unspecified atom stereocenters. The van der Waals surface area contributed by atoms with Gasteiger partial charge in [0.25, 0.3) is 0 Å². The summed E-state index contributed by atoms with van der Waals surface area (Å²) in [4.78, 5) is 6.73. The van der Waals surface area contributed by atoms with Crippen LogP contribution >= 0.6 is 11.3 Å². The largest absolute Gasteiger partial charge is 0.375 e. The third-order valence-electron chi connectivity index (χ3n) is 2.86. The Morgan fingerprint density at radius 1 is 1.27 bits per heavy atom. The summed E-state index contributed by atoms with van der Waals surface area (Å²) < 4.78 is 1.18. The van der Waals surface area contributed by atoms with E-state index in [4.69, 9.17) is 5.73 Å². The molecule has 3 nitrogen and oxygen atoms in total. The Morgan fingerprint density at radius 3 is 2.87 bits per heavy atom. The summed E-state index contributed by atoms with van der Waals surface area (Å²) in [6, 6.07) is 6.44. The second-order valence-corrected chi connectivity index (χ2v) is 4.96. The molecule has 1 fully saturated rings. The van der Waals surface area contributed by atoms with Crippen LogP contribution in [-0.4, -0.2) is 18.1 Å². The molecule has 0 aliphatic carbocycles. The van der Waals surface area contributed by atoms with Crippen molar-refractivity contribution < 1.29 is 0 Å². The molecule has 2 aromatic rings. The minimum Gasteiger partial charge on any atom is -0.375 e. The molecular formula is C11H13N3S. The molecule has 0 bridgehead atoms. The number of benzene rings is 1. The molecule has 0 saturated carbocycles. The van der Waals surface area contributed by atoms with Gasteiger partial charge in [-0.2, -0.15) is 0 Å². The Kier molecular flexibility index (Phi) is 2.02. The molecule has 1 aromatic carbocycles. The number of fused-ring (bicyclic) bond motifs is 1. The van der Waals surface area contributed by atoms with Crippen molar-refractivity contribution >= 4 is 32.4 Å². The van der Waals surface area contributed by atoms with Gasteiger partial charge in [0, 0.05) is 18.8 Å². The van der Waals surface area contributed by atoms with Crippen LogP contribution in [0.3, 0.4) is 0 Å². The van der Waals surface area contributed by atoms with E-state index in [9.17, 15) is 0 Å². The van der Waals surface area contributed by atoms with E-state index in [1.165, 1.54) is 36.3 Å². The number of thiazole rings is 1. The lowest BCUT2D eigenvalue weighted by molar-refractivity contribution is 0.949. The number of nitrogen functional groups attached to an aromatic ring is 1. The first kappa shape index (κ1) is 8.97. The number of hydrogen-bond acceptors (Lipinski definition) is 4. The maximum absolute atomic E-state index is 5.69. The van der Waals surface area contributed by atoms with E-state index in [-0.39, 0.29) is 0 Å². The SMILES string of the molecule is Nc1nc2cc(N3CCCC3)ccc2s1. The fourth-order valence-electron chi connectivity index (χ4n) is 2.11. The highest BCUT2D eigenvalue weighted by atomic mass is 32.1. The second kappa shape index (κ2) is 3.38. The summed E-state index contributed by atoms with van der Waals surface area (Å²) >= 11 is 1.55. The average Bonchev–Trinajstić information content (AvgIpc) is 2.82. The molecule has 1 aliphatic heterocycles. The number of anilines is 2. The lowest BCUT2D eigenvalue weighted by Gasteiger charge is -2.16. The van der Waals surface area contributed by atoms with Gasteiger partial charge in [0.15, 0.2) is 5.13 Å². The van der Waals surface area contributed by atoms with Gasteiger partial charge in [-0.1, -0.05) is 11.3 Å². The minimum atomic E-state index is 0.656. The van der Waals surface area contributed by atoms with Gasteiger partial charge >= 0.3 is 0 Å². The van der Waals surface area contributed by atoms with Crippen molar-refractivity contribution in [2.45, 2.75) is 12.8 Å². The Hall–Kier alpha value is -1.29. The van der Waals surface area contributed by atoms with Crippen LogP contribution in [0.15, 0.2) is 18.2 Å². The molecule has 1 aromatic heterocycles. The molecule has 2 heterocycles. The van der Waals surface area contributed by atoms with Crippen LogP contribution in [0.4, 0.5) is 10.8 Å². The molecular weight excluding hydrogens is 206 g/mol. The van der Waals surface area contributed by atoms with Crippen LogP contribution in [0, 0.1) is 0 Å². The zero-order chi connectivity index (χ0) is 10.3. The monoisotopic (exact) mass is 219 g/mol. The molecule has 2 N–H and O–H groups in total. The summed E-state index contributed by atoms with van der Waals surface area (Å²) in [6.07, 6.45) is 2.61. The standard InChI is InChI=1S/C11H13N3S/c12-11-13-9-7-8(3-4-10(9)15-11)14-5-1-2-6-14/h3-4,7H,1-2,5-6H2,(H2,12,13). The maximum atomic E-state index is 5.69. The molecule has 78 valence electrons. The number of nitrogens with zero attached hydrogens (tertiary/aromatic N) is 2. The second-order valence-electron chi connectivity index (χ2n) is 3.90. The molecule has 4 heteroatoms. The summed E-state index contributed by atoms with van der Waals surface area (Å²) in [5.74, 6) is 0. The van der Waals surface area contributed by atoms with E-state index in [1.54, 1.807) is 11.3 Å². The highest BCUT2D eigenvalue weighted by Gasteiger charge is 2.13. The Morgan fingerprint density at radius 2 is 2.07 bits per heavy atom. The van der Waals surface area contributed by atoms with E-state index in [0.717, 1.165) is 5.52 Å². The number of nitrogens with two attached hydrogens (primary N) is 1. The van der Waals surface area contributed by atoms with Gasteiger partial charge in [-0.15, -0.1) is 0 Å². The van der Waals surface area contributed by atoms with E-state index < -0.39 is 0 Å². The van der Waals surface area contributed by atoms with E-state index in [1.807, 2.05) is 0 Å². The van der Waals surface area contributed by atoms with Crippen LogP contribution in [0.2, 0.25) is 0 Å². The molecule has 15 heavy (non-hydrogen) atoms. The number of hydrogen-bond donors (Lipinski definition) is 1. The first-order valence-corrected chi connectivity index (χ1v) is 6.05. The van der Waals surface area contributed by atoms with Crippen LogP contribution < -0.4 is 10.6 Å². The normalized spacial score (nSPS) is 16.4. The highest BCUT2D eigenvalue weighted by Crippen LogP contribution is 2.29. The Bertz CT molecular complexity index is 486. The lowest BCUT2D eigenvalue weighted by Crippen LogP contribution is -2.17. The van der Waals surface area contributed by atoms with Gasteiger partial charge in [0.2, 0.25) is 0 Å². The van der Waals surface area contributed by atoms with Crippen molar-refractivity contribution in [3.05, 3.63) is 18.2 Å². The lowest BCUT2D eigenvalue weighted by atomic mass is 10.3. The van der Waals surface area contributed by atoms with Gasteiger partial charge in [0.05, 0.1) is 10.2 Å². The fraction of sp³-hybridized carbons (Fsp3) is 0.364. The summed E-state index contributed by atoms with van der Waals surface area (Å²) in [5, 5.41) is 0.656. The van der Waals surface area contributed by atoms with Crippen molar-refractivity contribution in [2.24, 2.45) is 0 Å². The van der Waals surface area contributed by atoms with Gasteiger partial charge in [-0.05, 0) is 31.0 Å². The third kappa shape index (κ3) is 1.55. The summed E-state index contributed by atoms with van der Waals surface area (Å²) in [7, 11) is 0. The quantitative estimate of drug-likeness (QED) is 0.801. The van der Waals surface area contributed by atoms with Crippen LogP contribution in [0.5, 0.6) is 0 Å². The topological polar surface area (TPSA) is 42.1 Å². The van der Waals surface area contributed by atoms with Crippen LogP contribution in [0.25, 0.3) is 10.2 Å².